The lowest BCUT2D eigenvalue weighted by molar-refractivity contribution is -0.153. The largest absolute Gasteiger partial charge is 0.373 e. The van der Waals surface area contributed by atoms with Gasteiger partial charge in [-0.1, -0.05) is 0 Å². The van der Waals surface area contributed by atoms with E-state index in [9.17, 15) is 4.79 Å². The van der Waals surface area contributed by atoms with E-state index in [1.165, 1.54) is 0 Å². The fraction of sp³-hybridized carbons (Fsp3) is 0.909. The summed E-state index contributed by atoms with van der Waals surface area (Å²) in [5.74, 6) is 0.103. The van der Waals surface area contributed by atoms with Crippen molar-refractivity contribution in [1.29, 1.82) is 0 Å². The molecule has 2 N–H and O–H groups in total. The Labute approximate surface area is 95.9 Å². The first-order valence-corrected chi connectivity index (χ1v) is 5.96. The van der Waals surface area contributed by atoms with Crippen LogP contribution in [-0.4, -0.2) is 55.4 Å². The predicted octanol–water partition coefficient (Wildman–Crippen LogP) is -0.260. The van der Waals surface area contributed by atoms with Crippen molar-refractivity contribution in [3.05, 3.63) is 0 Å². The summed E-state index contributed by atoms with van der Waals surface area (Å²) in [5.41, 5.74) is 5.57. The molecule has 2 fully saturated rings. The molecule has 16 heavy (non-hydrogen) atoms. The van der Waals surface area contributed by atoms with Crippen LogP contribution in [0.2, 0.25) is 0 Å². The Hall–Kier alpha value is -0.650. The Morgan fingerprint density at radius 3 is 2.94 bits per heavy atom. The van der Waals surface area contributed by atoms with Crippen LogP contribution in [-0.2, 0) is 14.3 Å². The molecule has 2 heterocycles. The number of ether oxygens (including phenoxy) is 2. The second-order valence-electron chi connectivity index (χ2n) is 4.53. The molecule has 5 nitrogen and oxygen atoms in total. The highest BCUT2D eigenvalue weighted by molar-refractivity contribution is 5.81. The van der Waals surface area contributed by atoms with Gasteiger partial charge in [0.15, 0.2) is 0 Å². The molecule has 2 rings (SSSR count). The summed E-state index contributed by atoms with van der Waals surface area (Å²) < 4.78 is 10.9. The minimum atomic E-state index is -0.237. The molecule has 1 amide bonds. The number of nitrogens with two attached hydrogens (primary N) is 1. The van der Waals surface area contributed by atoms with Crippen LogP contribution < -0.4 is 5.73 Å². The molecule has 0 aliphatic carbocycles. The van der Waals surface area contributed by atoms with Gasteiger partial charge in [-0.25, -0.2) is 0 Å². The molecule has 3 atom stereocenters. The molecule has 0 aromatic carbocycles. The highest BCUT2D eigenvalue weighted by Crippen LogP contribution is 2.19. The molecule has 3 unspecified atom stereocenters. The van der Waals surface area contributed by atoms with E-state index in [0.29, 0.717) is 26.3 Å². The third-order valence-electron chi connectivity index (χ3n) is 3.26. The van der Waals surface area contributed by atoms with Gasteiger partial charge in [-0.15, -0.1) is 0 Å². The van der Waals surface area contributed by atoms with Crippen LogP contribution in [0.3, 0.4) is 0 Å². The molecule has 0 aromatic rings. The lowest BCUT2D eigenvalue weighted by atomic mass is 10.1. The smallest absolute Gasteiger partial charge is 0.252 e. The maximum atomic E-state index is 12.2. The van der Waals surface area contributed by atoms with E-state index in [1.54, 1.807) is 0 Å². The summed E-state index contributed by atoms with van der Waals surface area (Å²) in [7, 11) is 0. The van der Waals surface area contributed by atoms with Crippen LogP contribution >= 0.6 is 0 Å². The van der Waals surface area contributed by atoms with Crippen LogP contribution in [0, 0.1) is 0 Å². The third-order valence-corrected chi connectivity index (χ3v) is 3.26. The fourth-order valence-electron chi connectivity index (χ4n) is 2.22. The maximum absolute atomic E-state index is 12.2. The van der Waals surface area contributed by atoms with E-state index >= 15 is 0 Å². The van der Waals surface area contributed by atoms with Crippen LogP contribution in [0.4, 0.5) is 0 Å². The van der Waals surface area contributed by atoms with Gasteiger partial charge in [0.25, 0.3) is 5.91 Å². The Kier molecular flexibility index (Phi) is 3.78. The first kappa shape index (κ1) is 11.8. The van der Waals surface area contributed by atoms with Gasteiger partial charge >= 0.3 is 0 Å². The van der Waals surface area contributed by atoms with Crippen LogP contribution in [0.1, 0.15) is 19.8 Å². The van der Waals surface area contributed by atoms with Crippen molar-refractivity contribution in [3.63, 3.8) is 0 Å². The first-order chi connectivity index (χ1) is 7.72. The van der Waals surface area contributed by atoms with E-state index in [0.717, 1.165) is 12.8 Å². The summed E-state index contributed by atoms with van der Waals surface area (Å²) in [5, 5.41) is 0. The van der Waals surface area contributed by atoms with Gasteiger partial charge in [0, 0.05) is 19.7 Å². The van der Waals surface area contributed by atoms with Crippen LogP contribution in [0.5, 0.6) is 0 Å². The highest BCUT2D eigenvalue weighted by Gasteiger charge is 2.34. The number of carbonyl (C=O) groups is 1. The summed E-state index contributed by atoms with van der Waals surface area (Å²) in [6.45, 7) is 4.33. The van der Waals surface area contributed by atoms with Crippen molar-refractivity contribution in [2.45, 2.75) is 38.0 Å². The molecule has 0 aromatic heterocycles. The van der Waals surface area contributed by atoms with Gasteiger partial charge in [0.1, 0.15) is 6.10 Å². The molecule has 5 heteroatoms. The number of amides is 1. The molecule has 0 radical (unpaired) electrons. The Morgan fingerprint density at radius 1 is 1.50 bits per heavy atom. The second kappa shape index (κ2) is 5.12. The monoisotopic (exact) mass is 228 g/mol. The summed E-state index contributed by atoms with van der Waals surface area (Å²) in [6.07, 6.45) is 1.56. The van der Waals surface area contributed by atoms with Crippen LogP contribution in [0.25, 0.3) is 0 Å². The van der Waals surface area contributed by atoms with E-state index in [2.05, 4.69) is 0 Å². The van der Waals surface area contributed by atoms with Crippen molar-refractivity contribution in [2.75, 3.05) is 26.3 Å². The highest BCUT2D eigenvalue weighted by atomic mass is 16.5. The normalized spacial score (nSPS) is 35.4. The topological polar surface area (TPSA) is 64.8 Å². The molecule has 2 aliphatic rings. The van der Waals surface area contributed by atoms with Crippen molar-refractivity contribution in [3.8, 4) is 0 Å². The van der Waals surface area contributed by atoms with Gasteiger partial charge in [-0.05, 0) is 19.8 Å². The Morgan fingerprint density at radius 2 is 2.31 bits per heavy atom. The van der Waals surface area contributed by atoms with Crippen LogP contribution in [0.15, 0.2) is 0 Å². The number of hydrogen-bond donors (Lipinski definition) is 1. The Balaban J connectivity index is 1.97. The predicted molar refractivity (Wildman–Crippen MR) is 58.9 cm³/mol. The summed E-state index contributed by atoms with van der Waals surface area (Å²) in [6, 6.07) is 0.125. The zero-order valence-electron chi connectivity index (χ0n) is 9.72. The van der Waals surface area contributed by atoms with Gasteiger partial charge < -0.3 is 20.1 Å². The summed E-state index contributed by atoms with van der Waals surface area (Å²) >= 11 is 0. The Bertz CT molecular complexity index is 254. The zero-order chi connectivity index (χ0) is 11.5. The quantitative estimate of drug-likeness (QED) is 0.707. The minimum Gasteiger partial charge on any atom is -0.373 e. The van der Waals surface area contributed by atoms with Gasteiger partial charge in [0.2, 0.25) is 0 Å². The SMILES string of the molecule is CC1COC(CN)CN1C(=O)C1CCCO1. The number of hydrogen-bond acceptors (Lipinski definition) is 4. The average Bonchev–Trinajstić information content (AvgIpc) is 2.82. The zero-order valence-corrected chi connectivity index (χ0v) is 9.72. The fourth-order valence-corrected chi connectivity index (χ4v) is 2.22. The van der Waals surface area contributed by atoms with Crippen molar-refractivity contribution in [1.82, 2.24) is 4.90 Å². The van der Waals surface area contributed by atoms with Crippen molar-refractivity contribution < 1.29 is 14.3 Å². The molecule has 0 saturated carbocycles. The molecule has 0 spiro atoms. The number of morpholine rings is 1. The molecular weight excluding hydrogens is 208 g/mol. The molecule has 0 bridgehead atoms. The average molecular weight is 228 g/mol. The van der Waals surface area contributed by atoms with E-state index in [-0.39, 0.29) is 24.2 Å². The maximum Gasteiger partial charge on any atom is 0.252 e. The van der Waals surface area contributed by atoms with E-state index in [4.69, 9.17) is 15.2 Å². The minimum absolute atomic E-state index is 0.0263. The van der Waals surface area contributed by atoms with E-state index in [1.807, 2.05) is 11.8 Å². The lowest BCUT2D eigenvalue weighted by Gasteiger charge is -2.38. The molecular formula is C11H20N2O3. The first-order valence-electron chi connectivity index (χ1n) is 5.96. The molecule has 92 valence electrons. The number of nitrogens with zero attached hydrogens (tertiary/aromatic N) is 1. The molecule has 2 saturated heterocycles. The second-order valence-corrected chi connectivity index (χ2v) is 4.53. The van der Waals surface area contributed by atoms with Gasteiger partial charge in [-0.2, -0.15) is 0 Å². The standard InChI is InChI=1S/C11H20N2O3/c1-8-7-16-9(5-12)6-13(8)11(14)10-3-2-4-15-10/h8-10H,2-7,12H2,1H3. The van der Waals surface area contributed by atoms with Gasteiger partial charge in [-0.3, -0.25) is 4.79 Å². The number of carbonyl (C=O) groups excluding carboxylic acids is 1. The van der Waals surface area contributed by atoms with Crippen molar-refractivity contribution >= 4 is 5.91 Å². The third kappa shape index (κ3) is 2.36. The van der Waals surface area contributed by atoms with E-state index < -0.39 is 0 Å². The summed E-state index contributed by atoms with van der Waals surface area (Å²) in [4.78, 5) is 14.0. The van der Waals surface area contributed by atoms with Gasteiger partial charge in [0.05, 0.1) is 18.8 Å². The number of rotatable bonds is 2. The van der Waals surface area contributed by atoms with Crippen molar-refractivity contribution in [2.24, 2.45) is 5.73 Å². The lowest BCUT2D eigenvalue weighted by Crippen LogP contribution is -2.55. The molecule has 2 aliphatic heterocycles.